The largest absolute Gasteiger partial charge is 0.573 e. The van der Waals surface area contributed by atoms with Crippen molar-refractivity contribution in [2.45, 2.75) is 30.5 Å². The van der Waals surface area contributed by atoms with Gasteiger partial charge in [-0.15, -0.1) is 13.2 Å². The molecule has 1 saturated carbocycles. The molecule has 1 N–H and O–H groups in total. The molecule has 1 saturated heterocycles. The lowest BCUT2D eigenvalue weighted by molar-refractivity contribution is -0.274. The van der Waals surface area contributed by atoms with Gasteiger partial charge in [-0.2, -0.15) is 0 Å². The van der Waals surface area contributed by atoms with Gasteiger partial charge in [0.2, 0.25) is 11.8 Å². The number of amides is 2. The van der Waals surface area contributed by atoms with E-state index < -0.39 is 70.5 Å². The topological polar surface area (TPSA) is 101 Å². The summed E-state index contributed by atoms with van der Waals surface area (Å²) in [6.07, 6.45) is -0.256. The Hall–Kier alpha value is -6.03. The maximum Gasteiger partial charge on any atom is 0.573 e. The van der Waals surface area contributed by atoms with E-state index in [1.54, 1.807) is 97.1 Å². The molecule has 0 bridgehead atoms. The molecular weight excluding hydrogens is 683 g/mol. The number of halogens is 3. The Morgan fingerprint density at radius 3 is 2.19 bits per heavy atom. The van der Waals surface area contributed by atoms with Crippen LogP contribution in [0.1, 0.15) is 41.0 Å². The van der Waals surface area contributed by atoms with Crippen molar-refractivity contribution in [3.63, 3.8) is 0 Å². The normalized spacial score (nSPS) is 26.6. The summed E-state index contributed by atoms with van der Waals surface area (Å²) in [6.45, 7) is 3.76. The average Bonchev–Trinajstić information content (AvgIpc) is 3.42. The van der Waals surface area contributed by atoms with Gasteiger partial charge in [0.05, 0.1) is 22.9 Å². The van der Waals surface area contributed by atoms with Crippen LogP contribution < -0.4 is 9.64 Å². The van der Waals surface area contributed by atoms with Crippen molar-refractivity contribution in [3.05, 3.63) is 150 Å². The van der Waals surface area contributed by atoms with Gasteiger partial charge < -0.3 is 9.84 Å². The van der Waals surface area contributed by atoms with Gasteiger partial charge in [-0.3, -0.25) is 24.1 Å². The molecule has 0 unspecified atom stereocenters. The highest BCUT2D eigenvalue weighted by Gasteiger charge is 2.66. The van der Waals surface area contributed by atoms with Crippen molar-refractivity contribution in [2.24, 2.45) is 23.7 Å². The second kappa shape index (κ2) is 12.6. The van der Waals surface area contributed by atoms with E-state index in [4.69, 9.17) is 0 Å². The number of imide groups is 1. The van der Waals surface area contributed by atoms with Gasteiger partial charge in [-0.1, -0.05) is 97.1 Å². The third kappa shape index (κ3) is 5.34. The molecule has 6 atom stereocenters. The Morgan fingerprint density at radius 1 is 0.849 bits per heavy atom. The number of alkyl halides is 3. The maximum absolute atomic E-state index is 15.1. The van der Waals surface area contributed by atoms with E-state index in [1.165, 1.54) is 6.08 Å². The number of hydrogen-bond acceptors (Lipinski definition) is 6. The lowest BCUT2D eigenvalue weighted by atomic mass is 9.44. The molecule has 1 heterocycles. The number of ether oxygens (including phenoxy) is 1. The molecule has 0 aromatic heterocycles. The number of nitrogens with zero attached hydrogens (tertiary/aromatic N) is 1. The molecule has 2 fully saturated rings. The van der Waals surface area contributed by atoms with Crippen molar-refractivity contribution in [1.82, 2.24) is 0 Å². The molecule has 10 heteroatoms. The predicted octanol–water partition coefficient (Wildman–Crippen LogP) is 7.96. The SMILES string of the molecule is C=Cc1ccc(N2C(=O)[C@H]3[C@H](CC=C4[C@H]3C[C@H]3C(=O)C(c5ccccc5)=CC(=O)[C@@]3(c3ccccc3)[C@H]4c3cc(OC(F)(F)F)ccc3O)C2=O)cc1. The summed E-state index contributed by atoms with van der Waals surface area (Å²) in [7, 11) is 0. The first-order chi connectivity index (χ1) is 25.4. The molecule has 0 spiro atoms. The van der Waals surface area contributed by atoms with Crippen LogP contribution in [0.2, 0.25) is 0 Å². The van der Waals surface area contributed by atoms with Crippen LogP contribution in [-0.4, -0.2) is 34.8 Å². The van der Waals surface area contributed by atoms with Gasteiger partial charge >= 0.3 is 6.36 Å². The Kier molecular flexibility index (Phi) is 8.09. The zero-order chi connectivity index (χ0) is 37.2. The Balaban J connectivity index is 1.36. The van der Waals surface area contributed by atoms with E-state index in [0.29, 0.717) is 22.4 Å². The Bertz CT molecular complexity index is 2250. The molecule has 4 aromatic rings. The molecule has 8 rings (SSSR count). The van der Waals surface area contributed by atoms with E-state index in [-0.39, 0.29) is 29.8 Å². The number of anilines is 1. The molecule has 7 nitrogen and oxygen atoms in total. The number of ketones is 2. The van der Waals surface area contributed by atoms with Gasteiger partial charge in [-0.05, 0) is 71.9 Å². The summed E-state index contributed by atoms with van der Waals surface area (Å²) in [5, 5.41) is 11.5. The van der Waals surface area contributed by atoms with Crippen LogP contribution >= 0.6 is 0 Å². The fourth-order valence-electron chi connectivity index (χ4n) is 9.19. The molecule has 2 amide bonds. The van der Waals surface area contributed by atoms with Gasteiger partial charge in [0.15, 0.2) is 11.6 Å². The number of Topliss-reactive ketones (excluding diaryl/α,β-unsaturated/α-hetero) is 1. The maximum atomic E-state index is 15.1. The van der Waals surface area contributed by atoms with E-state index in [1.807, 2.05) is 0 Å². The number of carbonyl (C=O) groups excluding carboxylic acids is 4. The quantitative estimate of drug-likeness (QED) is 0.161. The molecule has 4 aromatic carbocycles. The Morgan fingerprint density at radius 2 is 1.53 bits per heavy atom. The number of rotatable bonds is 6. The fourth-order valence-corrected chi connectivity index (χ4v) is 9.19. The zero-order valence-corrected chi connectivity index (χ0v) is 28.1. The van der Waals surface area contributed by atoms with Crippen LogP contribution in [0, 0.1) is 23.7 Å². The summed E-state index contributed by atoms with van der Waals surface area (Å²) in [5.74, 6) is -7.66. The number of phenolic OH excluding ortho intramolecular Hbond substituents is 1. The highest BCUT2D eigenvalue weighted by atomic mass is 19.4. The summed E-state index contributed by atoms with van der Waals surface area (Å²) >= 11 is 0. The first-order valence-electron chi connectivity index (χ1n) is 17.2. The third-order valence-electron chi connectivity index (χ3n) is 11.3. The van der Waals surface area contributed by atoms with E-state index in [2.05, 4.69) is 11.3 Å². The summed E-state index contributed by atoms with van der Waals surface area (Å²) in [6, 6.07) is 27.1. The number of fused-ring (bicyclic) bond motifs is 4. The standard InChI is InChI=1S/C43H32F3NO6/c1-2-24-13-15-27(16-14-24)47-40(51)30-19-18-29-32(37(30)41(47)52)22-34-39(50)31(25-9-5-3-6-10-25)23-36(49)42(34,26-11-7-4-8-12-26)38(29)33-21-28(17-20-35(33)48)53-43(44,45)46/h2-18,20-21,23,30,32,34,37-38,48H,1,19,22H2/t30-,32+,34-,37-,38+,42-/m0/s1. The number of allylic oxidation sites excluding steroid dienone is 4. The van der Waals surface area contributed by atoms with Crippen LogP contribution in [0.4, 0.5) is 18.9 Å². The van der Waals surface area contributed by atoms with E-state index in [0.717, 1.165) is 28.7 Å². The number of carbonyl (C=O) groups is 4. The molecule has 53 heavy (non-hydrogen) atoms. The molecule has 0 radical (unpaired) electrons. The highest BCUT2D eigenvalue weighted by Crippen LogP contribution is 2.64. The van der Waals surface area contributed by atoms with Gasteiger partial charge in [0.25, 0.3) is 0 Å². The molecule has 3 aliphatic carbocycles. The summed E-state index contributed by atoms with van der Waals surface area (Å²) in [5.41, 5.74) is 0.957. The van der Waals surface area contributed by atoms with Crippen molar-refractivity contribution in [2.75, 3.05) is 4.90 Å². The molecule has 1 aliphatic heterocycles. The number of aromatic hydroxyl groups is 1. The minimum atomic E-state index is -5.06. The average molecular weight is 716 g/mol. The second-order valence-corrected chi connectivity index (χ2v) is 13.9. The predicted molar refractivity (Wildman–Crippen MR) is 190 cm³/mol. The lowest BCUT2D eigenvalue weighted by Crippen LogP contribution is -2.58. The summed E-state index contributed by atoms with van der Waals surface area (Å²) in [4.78, 5) is 59.9. The van der Waals surface area contributed by atoms with E-state index in [9.17, 15) is 27.9 Å². The van der Waals surface area contributed by atoms with Crippen LogP contribution in [0.15, 0.2) is 127 Å². The number of benzene rings is 4. The number of hydrogen-bond donors (Lipinski definition) is 1. The summed E-state index contributed by atoms with van der Waals surface area (Å²) < 4.78 is 45.0. The van der Waals surface area contributed by atoms with Crippen LogP contribution in [-0.2, 0) is 24.6 Å². The van der Waals surface area contributed by atoms with Crippen molar-refractivity contribution in [3.8, 4) is 11.5 Å². The van der Waals surface area contributed by atoms with Crippen LogP contribution in [0.5, 0.6) is 11.5 Å². The first kappa shape index (κ1) is 34.1. The third-order valence-corrected chi connectivity index (χ3v) is 11.3. The Labute approximate surface area is 302 Å². The van der Waals surface area contributed by atoms with Crippen molar-refractivity contribution >= 4 is 40.7 Å². The number of phenols is 1. The molecule has 4 aliphatic rings. The van der Waals surface area contributed by atoms with Gasteiger partial charge in [-0.25, -0.2) is 0 Å². The van der Waals surface area contributed by atoms with Crippen molar-refractivity contribution in [1.29, 1.82) is 0 Å². The van der Waals surface area contributed by atoms with Gasteiger partial charge in [0, 0.05) is 23.0 Å². The monoisotopic (exact) mass is 715 g/mol. The van der Waals surface area contributed by atoms with Crippen molar-refractivity contribution < 1.29 is 42.2 Å². The smallest absolute Gasteiger partial charge is 0.508 e. The molecular formula is C43H32F3NO6. The lowest BCUT2D eigenvalue weighted by Gasteiger charge is -2.55. The minimum absolute atomic E-state index is 0.00505. The molecule has 266 valence electrons. The first-order valence-corrected chi connectivity index (χ1v) is 17.2. The second-order valence-electron chi connectivity index (χ2n) is 13.9. The highest BCUT2D eigenvalue weighted by molar-refractivity contribution is 6.32. The van der Waals surface area contributed by atoms with E-state index >= 15 is 9.59 Å². The fraction of sp³-hybridized carbons (Fsp3) is 0.209. The van der Waals surface area contributed by atoms with Crippen LogP contribution in [0.25, 0.3) is 11.6 Å². The van der Waals surface area contributed by atoms with Gasteiger partial charge in [0.1, 0.15) is 11.5 Å². The minimum Gasteiger partial charge on any atom is -0.508 e. The zero-order valence-electron chi connectivity index (χ0n) is 28.1. The van der Waals surface area contributed by atoms with Crippen LogP contribution in [0.3, 0.4) is 0 Å².